The Morgan fingerprint density at radius 1 is 1.53 bits per heavy atom. The smallest absolute Gasteiger partial charge is 0.321 e. The van der Waals surface area contributed by atoms with E-state index in [1.807, 2.05) is 0 Å². The Labute approximate surface area is 113 Å². The van der Waals surface area contributed by atoms with Gasteiger partial charge in [0.25, 0.3) is 5.76 Å². The molecule has 0 aromatic heterocycles. The van der Waals surface area contributed by atoms with Crippen LogP contribution >= 0.6 is 11.8 Å². The maximum absolute atomic E-state index is 12.2. The molecule has 4 nitrogen and oxygen atoms in total. The average molecular weight is 288 g/mol. The van der Waals surface area contributed by atoms with Crippen LogP contribution in [0.5, 0.6) is 0 Å². The maximum atomic E-state index is 12.2. The number of carbonyl (C=O) groups is 1. The summed E-state index contributed by atoms with van der Waals surface area (Å²) in [6, 6.07) is 5.99. The molecule has 1 aromatic rings. The first-order chi connectivity index (χ1) is 9.04. The summed E-state index contributed by atoms with van der Waals surface area (Å²) >= 11 is 0.434. The second-order valence-corrected chi connectivity index (χ2v) is 5.29. The number of alkyl halides is 2. The molecule has 1 saturated heterocycles. The largest absolute Gasteiger partial charge is 0.391 e. The van der Waals surface area contributed by atoms with Gasteiger partial charge < -0.3 is 15.3 Å². The topological polar surface area (TPSA) is 52.6 Å². The van der Waals surface area contributed by atoms with Gasteiger partial charge in [0.2, 0.25) is 0 Å². The second-order valence-electron chi connectivity index (χ2n) is 4.23. The normalized spacial score (nSPS) is 18.9. The molecule has 0 radical (unpaired) electrons. The highest BCUT2D eigenvalue weighted by molar-refractivity contribution is 7.99. The van der Waals surface area contributed by atoms with Gasteiger partial charge in [-0.15, -0.1) is 0 Å². The third-order valence-corrected chi connectivity index (χ3v) is 3.47. The Kier molecular flexibility index (Phi) is 4.60. The fourth-order valence-electron chi connectivity index (χ4n) is 1.88. The van der Waals surface area contributed by atoms with E-state index < -0.39 is 11.9 Å². The van der Waals surface area contributed by atoms with Crippen molar-refractivity contribution in [2.45, 2.75) is 23.2 Å². The highest BCUT2D eigenvalue weighted by atomic mass is 32.2. The summed E-state index contributed by atoms with van der Waals surface area (Å²) in [4.78, 5) is 13.7. The van der Waals surface area contributed by atoms with E-state index in [1.165, 1.54) is 11.0 Å². The number of hydrogen-bond acceptors (Lipinski definition) is 3. The van der Waals surface area contributed by atoms with E-state index in [9.17, 15) is 18.7 Å². The molecule has 1 heterocycles. The molecule has 1 unspecified atom stereocenters. The summed E-state index contributed by atoms with van der Waals surface area (Å²) in [5.74, 6) is -2.49. The van der Waals surface area contributed by atoms with Gasteiger partial charge in [0.05, 0.1) is 6.10 Å². The number of likely N-dealkylation sites (tertiary alicyclic amines) is 1. The molecule has 2 amide bonds. The van der Waals surface area contributed by atoms with Crippen LogP contribution in [0.1, 0.15) is 6.42 Å². The third-order valence-electron chi connectivity index (χ3n) is 2.76. The zero-order valence-electron chi connectivity index (χ0n) is 10.1. The lowest BCUT2D eigenvalue weighted by Gasteiger charge is -2.16. The average Bonchev–Trinajstić information content (AvgIpc) is 2.75. The number of thioether (sulfide) groups is 1. The van der Waals surface area contributed by atoms with Gasteiger partial charge in [0.1, 0.15) is 0 Å². The summed E-state index contributed by atoms with van der Waals surface area (Å²) in [6.45, 7) is 0.801. The Balaban J connectivity index is 1.96. The number of urea groups is 1. The molecule has 104 valence electrons. The summed E-state index contributed by atoms with van der Waals surface area (Å²) in [5, 5.41) is 12.0. The van der Waals surface area contributed by atoms with E-state index in [0.29, 0.717) is 41.9 Å². The predicted octanol–water partition coefficient (Wildman–Crippen LogP) is 2.60. The molecule has 19 heavy (non-hydrogen) atoms. The number of anilines is 1. The van der Waals surface area contributed by atoms with Crippen molar-refractivity contribution in [2.24, 2.45) is 0 Å². The summed E-state index contributed by atoms with van der Waals surface area (Å²) in [5.41, 5.74) is 0.469. The summed E-state index contributed by atoms with van der Waals surface area (Å²) in [7, 11) is 0. The van der Waals surface area contributed by atoms with Gasteiger partial charge in [-0.2, -0.15) is 8.78 Å². The van der Waals surface area contributed by atoms with E-state index in [1.54, 1.807) is 18.2 Å². The number of halogens is 2. The number of β-amino-alcohol motifs (C(OH)–C–C–N with tert-alkyl or cyclic N) is 1. The van der Waals surface area contributed by atoms with Crippen molar-refractivity contribution < 1.29 is 18.7 Å². The Morgan fingerprint density at radius 3 is 2.95 bits per heavy atom. The molecule has 7 heteroatoms. The molecule has 1 aliphatic heterocycles. The standard InChI is InChI=1S/C12H14F2N2O2S/c13-11(14)19-10-3-1-2-8(6-10)15-12(18)16-5-4-9(17)7-16/h1-3,6,9,11,17H,4-5,7H2,(H,15,18). The van der Waals surface area contributed by atoms with Gasteiger partial charge in [0.15, 0.2) is 0 Å². The third kappa shape index (κ3) is 4.07. The lowest BCUT2D eigenvalue weighted by atomic mass is 10.3. The first kappa shape index (κ1) is 14.1. The minimum atomic E-state index is -2.49. The molecule has 1 aromatic carbocycles. The van der Waals surface area contributed by atoms with Crippen molar-refractivity contribution >= 4 is 23.5 Å². The monoisotopic (exact) mass is 288 g/mol. The van der Waals surface area contributed by atoms with Crippen LogP contribution in [0.25, 0.3) is 0 Å². The second kappa shape index (κ2) is 6.21. The first-order valence-corrected chi connectivity index (χ1v) is 6.71. The molecular weight excluding hydrogens is 274 g/mol. The summed E-state index contributed by atoms with van der Waals surface area (Å²) < 4.78 is 24.5. The van der Waals surface area contributed by atoms with Crippen molar-refractivity contribution in [2.75, 3.05) is 18.4 Å². The van der Waals surface area contributed by atoms with Crippen LogP contribution < -0.4 is 5.32 Å². The van der Waals surface area contributed by atoms with Crippen LogP contribution in [0.4, 0.5) is 19.3 Å². The number of aliphatic hydroxyl groups is 1. The molecule has 0 bridgehead atoms. The highest BCUT2D eigenvalue weighted by Gasteiger charge is 2.24. The van der Waals surface area contributed by atoms with Gasteiger partial charge in [-0.05, 0) is 24.6 Å². The predicted molar refractivity (Wildman–Crippen MR) is 69.5 cm³/mol. The fraction of sp³-hybridized carbons (Fsp3) is 0.417. The first-order valence-electron chi connectivity index (χ1n) is 5.83. The van der Waals surface area contributed by atoms with E-state index in [2.05, 4.69) is 5.32 Å². The number of rotatable bonds is 3. The SMILES string of the molecule is O=C(Nc1cccc(SC(F)F)c1)N1CCC(O)C1. The number of carbonyl (C=O) groups excluding carboxylic acids is 1. The number of benzene rings is 1. The minimum absolute atomic E-state index is 0.303. The quantitative estimate of drug-likeness (QED) is 0.841. The van der Waals surface area contributed by atoms with E-state index in [0.717, 1.165) is 0 Å². The fourth-order valence-corrected chi connectivity index (χ4v) is 2.44. The van der Waals surface area contributed by atoms with Crippen molar-refractivity contribution in [3.8, 4) is 0 Å². The van der Waals surface area contributed by atoms with Gasteiger partial charge in [-0.25, -0.2) is 4.79 Å². The Hall–Kier alpha value is -1.34. The number of aliphatic hydroxyl groups excluding tert-OH is 1. The number of nitrogens with one attached hydrogen (secondary N) is 1. The molecule has 0 aliphatic carbocycles. The van der Waals surface area contributed by atoms with E-state index >= 15 is 0 Å². The Bertz CT molecular complexity index is 459. The molecule has 0 saturated carbocycles. The minimum Gasteiger partial charge on any atom is -0.391 e. The lowest BCUT2D eigenvalue weighted by Crippen LogP contribution is -2.33. The highest BCUT2D eigenvalue weighted by Crippen LogP contribution is 2.27. The van der Waals surface area contributed by atoms with Gasteiger partial charge in [-0.1, -0.05) is 17.8 Å². The number of nitrogens with zero attached hydrogens (tertiary/aromatic N) is 1. The molecular formula is C12H14F2N2O2S. The molecule has 2 N–H and O–H groups in total. The van der Waals surface area contributed by atoms with Gasteiger partial charge >= 0.3 is 6.03 Å². The van der Waals surface area contributed by atoms with Crippen LogP contribution in [-0.4, -0.2) is 41.0 Å². The van der Waals surface area contributed by atoms with Crippen LogP contribution in [0.2, 0.25) is 0 Å². The van der Waals surface area contributed by atoms with Crippen molar-refractivity contribution in [3.05, 3.63) is 24.3 Å². The lowest BCUT2D eigenvalue weighted by molar-refractivity contribution is 0.176. The van der Waals surface area contributed by atoms with Crippen molar-refractivity contribution in [3.63, 3.8) is 0 Å². The molecule has 1 fully saturated rings. The molecule has 1 atom stereocenters. The molecule has 2 rings (SSSR count). The Morgan fingerprint density at radius 2 is 2.32 bits per heavy atom. The zero-order valence-corrected chi connectivity index (χ0v) is 10.9. The molecule has 1 aliphatic rings. The number of amides is 2. The molecule has 0 spiro atoms. The summed E-state index contributed by atoms with van der Waals surface area (Å²) in [6.07, 6.45) is 0.0841. The zero-order chi connectivity index (χ0) is 13.8. The van der Waals surface area contributed by atoms with Crippen LogP contribution in [0.15, 0.2) is 29.2 Å². The van der Waals surface area contributed by atoms with Crippen LogP contribution in [-0.2, 0) is 0 Å². The van der Waals surface area contributed by atoms with E-state index in [4.69, 9.17) is 0 Å². The van der Waals surface area contributed by atoms with E-state index in [-0.39, 0.29) is 6.03 Å². The van der Waals surface area contributed by atoms with Crippen LogP contribution in [0.3, 0.4) is 0 Å². The van der Waals surface area contributed by atoms with Crippen molar-refractivity contribution in [1.29, 1.82) is 0 Å². The van der Waals surface area contributed by atoms with Gasteiger partial charge in [0, 0.05) is 23.7 Å². The maximum Gasteiger partial charge on any atom is 0.321 e. The number of hydrogen-bond donors (Lipinski definition) is 2. The van der Waals surface area contributed by atoms with Gasteiger partial charge in [-0.3, -0.25) is 0 Å². The van der Waals surface area contributed by atoms with Crippen LogP contribution in [0, 0.1) is 0 Å². The van der Waals surface area contributed by atoms with Crippen molar-refractivity contribution in [1.82, 2.24) is 4.90 Å².